The minimum absolute atomic E-state index is 0.142. The number of aromatic nitrogens is 3. The van der Waals surface area contributed by atoms with Crippen LogP contribution in [0.1, 0.15) is 11.1 Å². The highest BCUT2D eigenvalue weighted by molar-refractivity contribution is 14.1. The number of nitrogens with one attached hydrogen (secondary N) is 3. The maximum Gasteiger partial charge on any atom is 0.250 e. The number of anilines is 4. The van der Waals surface area contributed by atoms with E-state index in [0.29, 0.717) is 24.0 Å². The molecule has 0 saturated carbocycles. The molecular weight excluding hydrogens is 517 g/mol. The number of hydrogen-bond acceptors (Lipinski definition) is 8. The average Bonchev–Trinajstić information content (AvgIpc) is 2.81. The molecule has 4 N–H and O–H groups in total. The van der Waals surface area contributed by atoms with Crippen molar-refractivity contribution in [3.63, 3.8) is 0 Å². The molecule has 0 aliphatic heterocycles. The molecule has 1 aromatic heterocycles. The summed E-state index contributed by atoms with van der Waals surface area (Å²) in [7, 11) is 0. The topological polar surface area (TPSA) is 107 Å². The number of para-hydroxylation sites is 1. The molecule has 0 amide bonds. The zero-order chi connectivity index (χ0) is 22.2. The van der Waals surface area contributed by atoms with Gasteiger partial charge in [-0.05, 0) is 58.5 Å². The molecule has 8 nitrogen and oxygen atoms in total. The van der Waals surface area contributed by atoms with E-state index in [0.717, 1.165) is 14.8 Å². The van der Waals surface area contributed by atoms with Crippen LogP contribution in [-0.2, 0) is 6.54 Å². The van der Waals surface area contributed by atoms with Crippen LogP contribution in [0, 0.1) is 3.57 Å². The summed E-state index contributed by atoms with van der Waals surface area (Å²) in [6.07, 6.45) is 1.52. The number of benzene rings is 3. The zero-order valence-corrected chi connectivity index (χ0v) is 19.1. The number of phenolic OH excluding ortho intramolecular Hbond substituents is 1. The van der Waals surface area contributed by atoms with Crippen molar-refractivity contribution >= 4 is 52.3 Å². The Morgan fingerprint density at radius 1 is 0.844 bits per heavy atom. The number of halogens is 1. The van der Waals surface area contributed by atoms with Gasteiger partial charge in [0.05, 0.1) is 6.21 Å². The second-order valence-corrected chi connectivity index (χ2v) is 7.96. The van der Waals surface area contributed by atoms with Crippen molar-refractivity contribution in [2.75, 3.05) is 16.1 Å². The van der Waals surface area contributed by atoms with Gasteiger partial charge in [-0.2, -0.15) is 20.1 Å². The number of phenols is 1. The van der Waals surface area contributed by atoms with Crippen LogP contribution in [-0.4, -0.2) is 26.3 Å². The molecule has 0 radical (unpaired) electrons. The average molecular weight is 537 g/mol. The maximum atomic E-state index is 9.98. The first-order chi connectivity index (χ1) is 15.7. The first kappa shape index (κ1) is 21.5. The van der Waals surface area contributed by atoms with E-state index in [-0.39, 0.29) is 11.7 Å². The molecule has 0 spiro atoms. The van der Waals surface area contributed by atoms with E-state index < -0.39 is 0 Å². The Balaban J connectivity index is 1.54. The van der Waals surface area contributed by atoms with E-state index >= 15 is 0 Å². The standard InChI is InChI=1S/C23H20IN7O/c24-18-11-12-20(32)17(13-18)15-26-31-23-29-21(25-14-16-7-3-1-4-8-16)28-22(30-23)27-19-9-5-2-6-10-19/h1-13,15,32H,14H2,(H3,25,27,28,29,30,31). The Morgan fingerprint density at radius 2 is 1.53 bits per heavy atom. The monoisotopic (exact) mass is 537 g/mol. The summed E-state index contributed by atoms with van der Waals surface area (Å²) in [6, 6.07) is 24.9. The number of rotatable bonds is 8. The molecule has 160 valence electrons. The Morgan fingerprint density at radius 3 is 2.31 bits per heavy atom. The van der Waals surface area contributed by atoms with Crippen LogP contribution in [0.5, 0.6) is 5.75 Å². The fourth-order valence-corrected chi connectivity index (χ4v) is 3.29. The third-order valence-corrected chi connectivity index (χ3v) is 4.99. The number of aromatic hydroxyl groups is 1. The van der Waals surface area contributed by atoms with Crippen molar-refractivity contribution in [3.8, 4) is 5.75 Å². The first-order valence-corrected chi connectivity index (χ1v) is 10.9. The summed E-state index contributed by atoms with van der Waals surface area (Å²) in [4.78, 5) is 13.3. The SMILES string of the molecule is Oc1ccc(I)cc1C=NNc1nc(NCc2ccccc2)nc(Nc2ccccc2)n1. The van der Waals surface area contributed by atoms with Crippen molar-refractivity contribution in [1.29, 1.82) is 0 Å². The number of nitrogens with zero attached hydrogens (tertiary/aromatic N) is 4. The highest BCUT2D eigenvalue weighted by atomic mass is 127. The van der Waals surface area contributed by atoms with E-state index in [2.05, 4.69) is 58.7 Å². The predicted octanol–water partition coefficient (Wildman–Crippen LogP) is 4.98. The van der Waals surface area contributed by atoms with Crippen LogP contribution >= 0.6 is 22.6 Å². The Labute approximate surface area is 199 Å². The lowest BCUT2D eigenvalue weighted by Crippen LogP contribution is -2.09. The first-order valence-electron chi connectivity index (χ1n) is 9.79. The van der Waals surface area contributed by atoms with Gasteiger partial charge in [0.25, 0.3) is 0 Å². The Bertz CT molecular complexity index is 1200. The summed E-state index contributed by atoms with van der Waals surface area (Å²) in [5.74, 6) is 1.17. The van der Waals surface area contributed by atoms with Crippen LogP contribution in [0.4, 0.5) is 23.5 Å². The lowest BCUT2D eigenvalue weighted by Gasteiger charge is -2.10. The van der Waals surface area contributed by atoms with Gasteiger partial charge in [0, 0.05) is 21.4 Å². The molecule has 0 aliphatic carbocycles. The Kier molecular flexibility index (Phi) is 7.08. The molecule has 9 heteroatoms. The van der Waals surface area contributed by atoms with Gasteiger partial charge in [-0.3, -0.25) is 0 Å². The molecule has 0 bridgehead atoms. The minimum Gasteiger partial charge on any atom is -0.507 e. The summed E-state index contributed by atoms with van der Waals surface area (Å²) in [5.41, 5.74) is 5.36. The van der Waals surface area contributed by atoms with E-state index in [1.54, 1.807) is 6.07 Å². The third-order valence-electron chi connectivity index (χ3n) is 4.32. The Hall–Kier alpha value is -3.73. The molecular formula is C23H20IN7O. The number of hydrogen-bond donors (Lipinski definition) is 4. The zero-order valence-electron chi connectivity index (χ0n) is 16.9. The lowest BCUT2D eigenvalue weighted by molar-refractivity contribution is 0.474. The second kappa shape index (κ2) is 10.5. The van der Waals surface area contributed by atoms with Gasteiger partial charge in [-0.15, -0.1) is 0 Å². The third kappa shape index (κ3) is 6.14. The van der Waals surface area contributed by atoms with Crippen molar-refractivity contribution in [1.82, 2.24) is 15.0 Å². The summed E-state index contributed by atoms with van der Waals surface area (Å²) < 4.78 is 0.990. The fourth-order valence-electron chi connectivity index (χ4n) is 2.78. The van der Waals surface area contributed by atoms with Crippen LogP contribution < -0.4 is 16.1 Å². The molecule has 0 fully saturated rings. The van der Waals surface area contributed by atoms with Crippen molar-refractivity contribution in [3.05, 3.63) is 93.6 Å². The molecule has 1 heterocycles. The summed E-state index contributed by atoms with van der Waals surface area (Å²) in [5, 5.41) is 20.5. The highest BCUT2D eigenvalue weighted by Crippen LogP contribution is 2.18. The minimum atomic E-state index is 0.142. The molecule has 0 saturated heterocycles. The number of hydrazone groups is 1. The van der Waals surface area contributed by atoms with Crippen LogP contribution in [0.25, 0.3) is 0 Å². The van der Waals surface area contributed by atoms with Crippen LogP contribution in [0.2, 0.25) is 0 Å². The van der Waals surface area contributed by atoms with Gasteiger partial charge in [0.1, 0.15) is 5.75 Å². The normalized spacial score (nSPS) is 10.8. The van der Waals surface area contributed by atoms with E-state index in [1.165, 1.54) is 6.21 Å². The van der Waals surface area contributed by atoms with E-state index in [1.807, 2.05) is 72.8 Å². The fraction of sp³-hybridized carbons (Fsp3) is 0.0435. The predicted molar refractivity (Wildman–Crippen MR) is 135 cm³/mol. The van der Waals surface area contributed by atoms with E-state index in [9.17, 15) is 5.11 Å². The van der Waals surface area contributed by atoms with Crippen LogP contribution in [0.3, 0.4) is 0 Å². The largest absolute Gasteiger partial charge is 0.507 e. The van der Waals surface area contributed by atoms with Crippen molar-refractivity contribution < 1.29 is 5.11 Å². The molecule has 4 aromatic rings. The smallest absolute Gasteiger partial charge is 0.250 e. The molecule has 32 heavy (non-hydrogen) atoms. The second-order valence-electron chi connectivity index (χ2n) is 6.71. The summed E-state index contributed by atoms with van der Waals surface area (Å²) in [6.45, 7) is 0.564. The molecule has 0 atom stereocenters. The quantitative estimate of drug-likeness (QED) is 0.143. The van der Waals surface area contributed by atoms with Gasteiger partial charge in [-0.1, -0.05) is 48.5 Å². The highest BCUT2D eigenvalue weighted by Gasteiger charge is 2.07. The molecule has 0 unspecified atom stereocenters. The van der Waals surface area contributed by atoms with Crippen LogP contribution in [0.15, 0.2) is 84.0 Å². The van der Waals surface area contributed by atoms with Gasteiger partial charge in [0.15, 0.2) is 0 Å². The van der Waals surface area contributed by atoms with Crippen molar-refractivity contribution in [2.24, 2.45) is 5.10 Å². The molecule has 4 rings (SSSR count). The van der Waals surface area contributed by atoms with Gasteiger partial charge >= 0.3 is 0 Å². The summed E-state index contributed by atoms with van der Waals surface area (Å²) >= 11 is 2.18. The lowest BCUT2D eigenvalue weighted by atomic mass is 10.2. The van der Waals surface area contributed by atoms with E-state index in [4.69, 9.17) is 0 Å². The maximum absolute atomic E-state index is 9.98. The van der Waals surface area contributed by atoms with Gasteiger partial charge in [-0.25, -0.2) is 5.43 Å². The van der Waals surface area contributed by atoms with Gasteiger partial charge < -0.3 is 15.7 Å². The van der Waals surface area contributed by atoms with Crippen molar-refractivity contribution in [2.45, 2.75) is 6.54 Å². The molecule has 0 aliphatic rings. The van der Waals surface area contributed by atoms with Gasteiger partial charge in [0.2, 0.25) is 17.8 Å². The molecule has 3 aromatic carbocycles.